The monoisotopic (exact) mass is 264 g/mol. The molecular weight excluding hydrogens is 241 g/mol. The van der Waals surface area contributed by atoms with Crippen molar-refractivity contribution in [1.82, 2.24) is 4.67 Å². The molecule has 1 unspecified atom stereocenters. The molecule has 1 aromatic carbocycles. The van der Waals surface area contributed by atoms with Crippen molar-refractivity contribution in [3.63, 3.8) is 0 Å². The van der Waals surface area contributed by atoms with E-state index in [0.717, 1.165) is 18.1 Å². The van der Waals surface area contributed by atoms with Gasteiger partial charge in [-0.2, -0.15) is 0 Å². The van der Waals surface area contributed by atoms with E-state index in [1.54, 1.807) is 0 Å². The molecule has 0 bridgehead atoms. The minimum Gasteiger partial charge on any atom is -0.0808 e. The Morgan fingerprint density at radius 2 is 1.50 bits per heavy atom. The molecule has 3 heteroatoms. The molecule has 1 heterocycles. The van der Waals surface area contributed by atoms with Crippen LogP contribution in [0.4, 0.5) is 0 Å². The highest BCUT2D eigenvalue weighted by atomic mass is 31.1. The van der Waals surface area contributed by atoms with E-state index in [9.17, 15) is 4.57 Å². The maximum absolute atomic E-state index is 12.9. The van der Waals surface area contributed by atoms with E-state index >= 15 is 0 Å². The second kappa shape index (κ2) is 4.75. The summed E-state index contributed by atoms with van der Waals surface area (Å²) >= 11 is 0. The number of hydrogen-bond donors (Lipinski definition) is 0. The maximum atomic E-state index is 12.9. The van der Waals surface area contributed by atoms with E-state index in [1.807, 2.05) is 30.3 Å². The third-order valence-electron chi connectivity index (χ3n) is 3.88. The lowest BCUT2D eigenvalue weighted by Crippen LogP contribution is -2.55. The second-order valence-electron chi connectivity index (χ2n) is 6.40. The van der Waals surface area contributed by atoms with Crippen LogP contribution >= 0.6 is 7.95 Å². The molecule has 0 N–H and O–H groups in total. The molecule has 0 spiro atoms. The fourth-order valence-electron chi connectivity index (χ4n) is 3.15. The van der Waals surface area contributed by atoms with Gasteiger partial charge in [-0.05, 0) is 63.7 Å². The third kappa shape index (κ3) is 2.50. The number of benzene rings is 1. The first-order valence-corrected chi connectivity index (χ1v) is 7.88. The van der Waals surface area contributed by atoms with E-state index in [4.69, 9.17) is 0 Å². The average molecular weight is 264 g/mol. The summed E-state index contributed by atoms with van der Waals surface area (Å²) in [6, 6.07) is 9.84. The molecule has 0 saturated carbocycles. The second-order valence-corrected chi connectivity index (χ2v) is 7.86. The van der Waals surface area contributed by atoms with Crippen LogP contribution in [0.25, 0.3) is 0 Å². The third-order valence-corrected chi connectivity index (χ3v) is 6.07. The zero-order valence-electron chi connectivity index (χ0n) is 11.8. The average Bonchev–Trinajstić information content (AvgIpc) is 2.27. The van der Waals surface area contributed by atoms with Gasteiger partial charge in [-0.1, -0.05) is 22.9 Å². The fourth-order valence-corrected chi connectivity index (χ4v) is 4.99. The maximum Gasteiger partial charge on any atom is 0.475 e. The lowest BCUT2D eigenvalue weighted by molar-refractivity contribution is 0.0586. The van der Waals surface area contributed by atoms with Crippen LogP contribution in [0.3, 0.4) is 0 Å². The Bertz CT molecular complexity index is 423. The van der Waals surface area contributed by atoms with Gasteiger partial charge >= 0.3 is 7.95 Å². The Morgan fingerprint density at radius 3 is 2.00 bits per heavy atom. The summed E-state index contributed by atoms with van der Waals surface area (Å²) in [6.07, 6.45) is 3.45. The van der Waals surface area contributed by atoms with Crippen molar-refractivity contribution in [2.75, 3.05) is 0 Å². The van der Waals surface area contributed by atoms with Crippen LogP contribution in [-0.2, 0) is 4.57 Å². The van der Waals surface area contributed by atoms with Crippen molar-refractivity contribution in [2.45, 2.75) is 58.0 Å². The zero-order valence-corrected chi connectivity index (χ0v) is 12.7. The molecule has 1 atom stereocenters. The van der Waals surface area contributed by atoms with Crippen molar-refractivity contribution >= 4 is 13.3 Å². The van der Waals surface area contributed by atoms with Gasteiger partial charge in [0.15, 0.2) is 0 Å². The molecule has 2 rings (SSSR count). The highest BCUT2D eigenvalue weighted by molar-refractivity contribution is 7.51. The summed E-state index contributed by atoms with van der Waals surface area (Å²) in [7, 11) is -1.49. The van der Waals surface area contributed by atoms with E-state index in [0.29, 0.717) is 0 Å². The predicted octanol–water partition coefficient (Wildman–Crippen LogP) is 4.10. The topological polar surface area (TPSA) is 20.3 Å². The lowest BCUT2D eigenvalue weighted by Gasteiger charge is -2.45. The zero-order chi connectivity index (χ0) is 13.4. The van der Waals surface area contributed by atoms with Gasteiger partial charge in [0.2, 0.25) is 5.30 Å². The fraction of sp³-hybridized carbons (Fsp3) is 0.600. The van der Waals surface area contributed by atoms with Gasteiger partial charge in [-0.3, -0.25) is 0 Å². The summed E-state index contributed by atoms with van der Waals surface area (Å²) in [4.78, 5) is 0. The van der Waals surface area contributed by atoms with Crippen LogP contribution in [0.15, 0.2) is 30.3 Å². The van der Waals surface area contributed by atoms with Crippen LogP contribution in [0.5, 0.6) is 0 Å². The lowest BCUT2D eigenvalue weighted by atomic mass is 9.83. The summed E-state index contributed by atoms with van der Waals surface area (Å²) < 4.78 is 15.1. The van der Waals surface area contributed by atoms with Gasteiger partial charge in [0, 0.05) is 0 Å². The van der Waals surface area contributed by atoms with Crippen LogP contribution in [0, 0.1) is 0 Å². The molecule has 1 aliphatic heterocycles. The Morgan fingerprint density at radius 1 is 1.00 bits per heavy atom. The molecule has 1 saturated heterocycles. The van der Waals surface area contributed by atoms with Crippen molar-refractivity contribution in [3.05, 3.63) is 30.3 Å². The van der Waals surface area contributed by atoms with Crippen molar-refractivity contribution in [2.24, 2.45) is 0 Å². The van der Waals surface area contributed by atoms with E-state index in [-0.39, 0.29) is 11.1 Å². The molecule has 98 valence electrons. The first-order valence-electron chi connectivity index (χ1n) is 6.67. The Labute approximate surface area is 111 Å². The van der Waals surface area contributed by atoms with Gasteiger partial charge in [-0.15, -0.1) is 0 Å². The molecule has 1 aliphatic rings. The molecule has 18 heavy (non-hydrogen) atoms. The standard InChI is InChI=1S/C15H23NOP/c1-14(2)11-8-12-15(3,4)16(14)18(17)13-9-6-5-7-10-13/h5-7,9-10H,8,11-12H2,1-4H3/q+1. The minimum absolute atomic E-state index is 0.00501. The number of piperidine rings is 1. The molecule has 1 aromatic rings. The number of hydrogen-bond acceptors (Lipinski definition) is 1. The summed E-state index contributed by atoms with van der Waals surface area (Å²) in [5, 5.41) is 0.940. The largest absolute Gasteiger partial charge is 0.475 e. The summed E-state index contributed by atoms with van der Waals surface area (Å²) in [6.45, 7) is 8.85. The first-order chi connectivity index (χ1) is 8.34. The Hall–Kier alpha value is -0.720. The molecule has 1 fully saturated rings. The van der Waals surface area contributed by atoms with Gasteiger partial charge in [0.25, 0.3) is 0 Å². The van der Waals surface area contributed by atoms with E-state index in [2.05, 4.69) is 32.4 Å². The molecule has 0 aromatic heterocycles. The van der Waals surface area contributed by atoms with Gasteiger partial charge in [0.1, 0.15) is 0 Å². The van der Waals surface area contributed by atoms with E-state index in [1.165, 1.54) is 6.42 Å². The van der Waals surface area contributed by atoms with E-state index < -0.39 is 7.95 Å². The van der Waals surface area contributed by atoms with Gasteiger partial charge < -0.3 is 0 Å². The molecule has 0 amide bonds. The normalized spacial score (nSPS) is 23.7. The van der Waals surface area contributed by atoms with Crippen LogP contribution in [0.2, 0.25) is 0 Å². The first kappa shape index (κ1) is 13.7. The molecule has 0 radical (unpaired) electrons. The van der Waals surface area contributed by atoms with Crippen LogP contribution < -0.4 is 5.30 Å². The van der Waals surface area contributed by atoms with Gasteiger partial charge in [0.05, 0.1) is 11.1 Å². The van der Waals surface area contributed by atoms with Crippen molar-refractivity contribution < 1.29 is 4.57 Å². The molecule has 0 aliphatic carbocycles. The summed E-state index contributed by atoms with van der Waals surface area (Å²) in [5.41, 5.74) is 0.0100. The Balaban J connectivity index is 2.37. The quantitative estimate of drug-likeness (QED) is 0.750. The van der Waals surface area contributed by atoms with Crippen molar-refractivity contribution in [3.8, 4) is 0 Å². The number of rotatable bonds is 2. The predicted molar refractivity (Wildman–Crippen MR) is 77.5 cm³/mol. The SMILES string of the molecule is CC1(C)CCCC(C)(C)N1[P+](=O)c1ccccc1. The smallest absolute Gasteiger partial charge is 0.0808 e. The van der Waals surface area contributed by atoms with Gasteiger partial charge in [-0.25, -0.2) is 0 Å². The molecule has 2 nitrogen and oxygen atoms in total. The summed E-state index contributed by atoms with van der Waals surface area (Å²) in [5.74, 6) is 0. The Kier molecular flexibility index (Phi) is 3.62. The van der Waals surface area contributed by atoms with Crippen LogP contribution in [0.1, 0.15) is 47.0 Å². The highest BCUT2D eigenvalue weighted by Gasteiger charge is 2.53. The number of nitrogens with zero attached hydrogens (tertiary/aromatic N) is 1. The minimum atomic E-state index is -1.49. The van der Waals surface area contributed by atoms with Crippen LogP contribution in [-0.4, -0.2) is 15.7 Å². The van der Waals surface area contributed by atoms with Crippen molar-refractivity contribution in [1.29, 1.82) is 0 Å². The molecular formula is C15H23NOP+. The highest BCUT2D eigenvalue weighted by Crippen LogP contribution is 2.48.